The Labute approximate surface area is 265 Å². The standard InChI is InChI=1S/C28H45FN7O9P/c1-18(15-42-20-9-5-3-6-10-20)33-46(41,34-19(2)26(39)44-21-11-7-4-8-12-21)43-17-28(16-31-35-30)24(38)23(29)25(45-28)36-14-13-22(37)32-27(36)40/h13-14,18-21,23-25,38H,3-12,15-17H2,1-2H3,(H,32,37,40)(H2,33,34,41)/t18?,19?,23-,24+,25-,28-,46?/m1/s1. The number of aliphatic hydroxyl groups is 1. The van der Waals surface area contributed by atoms with E-state index in [4.69, 9.17) is 24.3 Å². The zero-order chi connectivity index (χ0) is 33.3. The van der Waals surface area contributed by atoms with Crippen LogP contribution in [-0.2, 0) is 28.1 Å². The number of aliphatic hydroxyl groups excluding tert-OH is 1. The van der Waals surface area contributed by atoms with E-state index in [1.165, 1.54) is 6.92 Å². The summed E-state index contributed by atoms with van der Waals surface area (Å²) in [5.41, 5.74) is 5.19. The summed E-state index contributed by atoms with van der Waals surface area (Å²) in [5, 5.41) is 20.0. The molecule has 2 heterocycles. The number of hydrogen-bond donors (Lipinski definition) is 4. The molecule has 2 saturated carbocycles. The van der Waals surface area contributed by atoms with Gasteiger partial charge in [-0.3, -0.25) is 23.7 Å². The summed E-state index contributed by atoms with van der Waals surface area (Å²) in [6.45, 7) is 1.91. The van der Waals surface area contributed by atoms with Gasteiger partial charge < -0.3 is 23.8 Å². The molecule has 1 aromatic heterocycles. The van der Waals surface area contributed by atoms with Gasteiger partial charge in [-0.05, 0) is 57.9 Å². The minimum absolute atomic E-state index is 0.0690. The van der Waals surface area contributed by atoms with Crippen molar-refractivity contribution in [2.24, 2.45) is 5.11 Å². The highest BCUT2D eigenvalue weighted by Crippen LogP contribution is 2.45. The number of alkyl halides is 1. The van der Waals surface area contributed by atoms with Gasteiger partial charge in [0.2, 0.25) is 0 Å². The van der Waals surface area contributed by atoms with Gasteiger partial charge in [-0.25, -0.2) is 19.4 Å². The maximum Gasteiger partial charge on any atom is 0.341 e. The molecule has 46 heavy (non-hydrogen) atoms. The van der Waals surface area contributed by atoms with Crippen molar-refractivity contribution in [1.82, 2.24) is 19.7 Å². The Hall–Kier alpha value is -2.62. The van der Waals surface area contributed by atoms with Crippen molar-refractivity contribution >= 4 is 13.6 Å². The third-order valence-corrected chi connectivity index (χ3v) is 10.6. The molecule has 0 radical (unpaired) electrons. The molecule has 0 spiro atoms. The van der Waals surface area contributed by atoms with Crippen LogP contribution in [0.15, 0.2) is 27.0 Å². The van der Waals surface area contributed by atoms with E-state index in [2.05, 4.69) is 20.2 Å². The average Bonchev–Trinajstić information content (AvgIpc) is 3.28. The molecule has 4 rings (SSSR count). The van der Waals surface area contributed by atoms with Crippen molar-refractivity contribution in [3.05, 3.63) is 43.5 Å². The molecule has 18 heteroatoms. The fourth-order valence-electron chi connectivity index (χ4n) is 6.01. The fraction of sp³-hybridized carbons (Fsp3) is 0.821. The van der Waals surface area contributed by atoms with E-state index >= 15 is 4.39 Å². The van der Waals surface area contributed by atoms with Gasteiger partial charge in [0.25, 0.3) is 5.56 Å². The molecular formula is C28H45FN7O9P. The number of azide groups is 1. The molecule has 1 aliphatic heterocycles. The first-order chi connectivity index (χ1) is 21.9. The summed E-state index contributed by atoms with van der Waals surface area (Å²) in [6, 6.07) is -0.679. The molecule has 3 aliphatic rings. The Morgan fingerprint density at radius 2 is 1.85 bits per heavy atom. The largest absolute Gasteiger partial charge is 0.461 e. The normalized spacial score (nSPS) is 28.6. The Morgan fingerprint density at radius 1 is 1.20 bits per heavy atom. The van der Waals surface area contributed by atoms with Gasteiger partial charge in [-0.15, -0.1) is 0 Å². The van der Waals surface area contributed by atoms with E-state index in [9.17, 15) is 24.1 Å². The van der Waals surface area contributed by atoms with Crippen molar-refractivity contribution in [2.45, 2.75) is 126 Å². The first-order valence-electron chi connectivity index (χ1n) is 15.9. The van der Waals surface area contributed by atoms with E-state index in [1.54, 1.807) is 6.92 Å². The molecule has 1 aromatic rings. The molecule has 4 N–H and O–H groups in total. The van der Waals surface area contributed by atoms with Gasteiger partial charge in [-0.2, -0.15) is 0 Å². The van der Waals surface area contributed by atoms with Crippen LogP contribution in [0.5, 0.6) is 0 Å². The third-order valence-electron chi connectivity index (χ3n) is 8.56. The Bertz CT molecular complexity index is 1380. The van der Waals surface area contributed by atoms with Crippen molar-refractivity contribution in [3.8, 4) is 0 Å². The number of esters is 1. The second-order valence-electron chi connectivity index (χ2n) is 12.4. The molecule has 258 valence electrons. The smallest absolute Gasteiger partial charge is 0.341 e. The summed E-state index contributed by atoms with van der Waals surface area (Å²) in [6.07, 6.45) is 4.36. The quantitative estimate of drug-likeness (QED) is 0.0697. The Kier molecular flexibility index (Phi) is 13.0. The van der Waals surface area contributed by atoms with Crippen LogP contribution in [-0.4, -0.2) is 82.6 Å². The van der Waals surface area contributed by atoms with Gasteiger partial charge >= 0.3 is 19.3 Å². The first kappa shape index (κ1) is 36.2. The number of halogens is 1. The molecule has 2 aliphatic carbocycles. The molecular weight excluding hydrogens is 628 g/mol. The van der Waals surface area contributed by atoms with E-state index in [0.717, 1.165) is 81.0 Å². The number of nitrogens with zero attached hydrogens (tertiary/aromatic N) is 4. The average molecular weight is 674 g/mol. The number of carbonyl (C=O) groups excluding carboxylic acids is 1. The van der Waals surface area contributed by atoms with Crippen molar-refractivity contribution < 1.29 is 37.6 Å². The van der Waals surface area contributed by atoms with Crippen LogP contribution in [0.3, 0.4) is 0 Å². The molecule has 0 aromatic carbocycles. The van der Waals surface area contributed by atoms with Gasteiger partial charge in [-0.1, -0.05) is 30.8 Å². The molecule has 16 nitrogen and oxygen atoms in total. The van der Waals surface area contributed by atoms with Gasteiger partial charge in [0, 0.05) is 23.2 Å². The highest BCUT2D eigenvalue weighted by atomic mass is 31.2. The van der Waals surface area contributed by atoms with Crippen LogP contribution in [0.4, 0.5) is 4.39 Å². The maximum atomic E-state index is 15.5. The molecule has 7 atom stereocenters. The van der Waals surface area contributed by atoms with E-state index < -0.39 is 74.2 Å². The summed E-state index contributed by atoms with van der Waals surface area (Å²) < 4.78 is 53.9. The van der Waals surface area contributed by atoms with Crippen LogP contribution in [0.2, 0.25) is 0 Å². The van der Waals surface area contributed by atoms with Gasteiger partial charge in [0.1, 0.15) is 23.9 Å². The molecule has 1 saturated heterocycles. The number of nitrogens with one attached hydrogen (secondary N) is 3. The number of rotatable bonds is 15. The number of hydrogen-bond acceptors (Lipinski definition) is 10. The lowest BCUT2D eigenvalue weighted by molar-refractivity contribution is -0.152. The monoisotopic (exact) mass is 673 g/mol. The van der Waals surface area contributed by atoms with E-state index in [0.29, 0.717) is 0 Å². The lowest BCUT2D eigenvalue weighted by atomic mass is 9.97. The Balaban J connectivity index is 1.53. The number of aromatic amines is 1. The van der Waals surface area contributed by atoms with Crippen LogP contribution < -0.4 is 21.4 Å². The van der Waals surface area contributed by atoms with Gasteiger partial charge in [0.05, 0.1) is 25.9 Å². The number of ether oxygens (including phenoxy) is 3. The summed E-state index contributed by atoms with van der Waals surface area (Å²) in [4.78, 5) is 41.6. The minimum atomic E-state index is -4.23. The zero-order valence-corrected chi connectivity index (χ0v) is 27.1. The number of aromatic nitrogens is 2. The SMILES string of the molecule is CC(COC1CCCCC1)NP(=O)(NC(C)C(=O)OC1CCCCC1)OC[C@@]1(CN=[N+]=[N-])O[C@@H](n2ccc(=O)[nH]c2=O)[C@H](F)[C@@H]1O. The highest BCUT2D eigenvalue weighted by Gasteiger charge is 2.57. The zero-order valence-electron chi connectivity index (χ0n) is 26.2. The molecule has 3 fully saturated rings. The molecule has 0 bridgehead atoms. The van der Waals surface area contributed by atoms with Crippen molar-refractivity contribution in [1.29, 1.82) is 0 Å². The molecule has 0 amide bonds. The predicted molar refractivity (Wildman–Crippen MR) is 164 cm³/mol. The van der Waals surface area contributed by atoms with Crippen molar-refractivity contribution in [2.75, 3.05) is 19.8 Å². The second kappa shape index (κ2) is 16.5. The van der Waals surface area contributed by atoms with Crippen LogP contribution >= 0.6 is 7.67 Å². The van der Waals surface area contributed by atoms with E-state index in [1.807, 2.05) is 4.98 Å². The number of H-pyrrole nitrogens is 1. The van der Waals surface area contributed by atoms with Crippen LogP contribution in [0, 0.1) is 0 Å². The number of carbonyl (C=O) groups is 1. The van der Waals surface area contributed by atoms with Crippen LogP contribution in [0.25, 0.3) is 10.4 Å². The summed E-state index contributed by atoms with van der Waals surface area (Å²) >= 11 is 0. The Morgan fingerprint density at radius 3 is 2.48 bits per heavy atom. The second-order valence-corrected chi connectivity index (χ2v) is 14.2. The minimum Gasteiger partial charge on any atom is -0.461 e. The van der Waals surface area contributed by atoms with E-state index in [-0.39, 0.29) is 18.8 Å². The molecule has 3 unspecified atom stereocenters. The first-order valence-corrected chi connectivity index (χ1v) is 17.5. The maximum absolute atomic E-state index is 15.5. The predicted octanol–water partition coefficient (Wildman–Crippen LogP) is 3.12. The fourth-order valence-corrected chi connectivity index (χ4v) is 7.91. The summed E-state index contributed by atoms with van der Waals surface area (Å²) in [7, 11) is -4.23. The highest BCUT2D eigenvalue weighted by molar-refractivity contribution is 7.54. The third kappa shape index (κ3) is 9.48. The van der Waals surface area contributed by atoms with Crippen molar-refractivity contribution in [3.63, 3.8) is 0 Å². The van der Waals surface area contributed by atoms with Gasteiger partial charge in [0.15, 0.2) is 12.4 Å². The summed E-state index contributed by atoms with van der Waals surface area (Å²) in [5.74, 6) is -0.633. The topological polar surface area (TPSA) is 219 Å². The lowest BCUT2D eigenvalue weighted by Crippen LogP contribution is -2.50. The lowest BCUT2D eigenvalue weighted by Gasteiger charge is -2.34. The van der Waals surface area contributed by atoms with Crippen LogP contribution in [0.1, 0.15) is 84.3 Å².